The molecule has 1 aromatic carbocycles. The van der Waals surface area contributed by atoms with Crippen molar-refractivity contribution in [3.05, 3.63) is 71.9 Å². The van der Waals surface area contributed by atoms with Gasteiger partial charge in [-0.15, -0.1) is 0 Å². The summed E-state index contributed by atoms with van der Waals surface area (Å²) in [5, 5.41) is 23.4. The number of carbonyl (C=O) groups is 1. The summed E-state index contributed by atoms with van der Waals surface area (Å²) in [4.78, 5) is 15.1. The van der Waals surface area contributed by atoms with E-state index in [0.29, 0.717) is 5.56 Å². The van der Waals surface area contributed by atoms with Crippen LogP contribution in [-0.2, 0) is 16.4 Å². The Kier molecular flexibility index (Phi) is 7.06. The molecule has 2 heterocycles. The van der Waals surface area contributed by atoms with Gasteiger partial charge in [-0.05, 0) is 41.7 Å². The lowest BCUT2D eigenvalue weighted by molar-refractivity contribution is 0.174. The molecule has 180 valence electrons. The Morgan fingerprint density at radius 2 is 2.03 bits per heavy atom. The highest BCUT2D eigenvalue weighted by atomic mass is 32.2. The summed E-state index contributed by atoms with van der Waals surface area (Å²) in [6.07, 6.45) is 3.85. The molecule has 9 nitrogen and oxygen atoms in total. The van der Waals surface area contributed by atoms with Gasteiger partial charge in [0, 0.05) is 35.8 Å². The molecule has 1 unspecified atom stereocenters. The van der Waals surface area contributed by atoms with E-state index < -0.39 is 33.4 Å². The number of aromatic nitrogens is 2. The first-order valence-electron chi connectivity index (χ1n) is 10.3. The summed E-state index contributed by atoms with van der Waals surface area (Å²) in [6.45, 7) is 5.57. The minimum absolute atomic E-state index is 0.0328. The number of hydrogen-bond donors (Lipinski definition) is 3. The number of nitrogens with one attached hydrogen (secondary N) is 1. The Hall–Kier alpha value is -3.73. The van der Waals surface area contributed by atoms with E-state index in [9.17, 15) is 18.3 Å². The molecule has 0 saturated heterocycles. The van der Waals surface area contributed by atoms with E-state index in [-0.39, 0.29) is 28.1 Å². The van der Waals surface area contributed by atoms with Crippen LogP contribution in [-0.4, -0.2) is 46.0 Å². The van der Waals surface area contributed by atoms with Crippen molar-refractivity contribution in [1.29, 1.82) is 0 Å². The lowest BCUT2D eigenvalue weighted by Crippen LogP contribution is -2.44. The van der Waals surface area contributed by atoms with E-state index >= 15 is 4.39 Å². The molecule has 0 fully saturated rings. The maximum atomic E-state index is 15.2. The fourth-order valence-corrected chi connectivity index (χ4v) is 4.84. The molecule has 3 aromatic rings. The Morgan fingerprint density at radius 1 is 1.29 bits per heavy atom. The fourth-order valence-electron chi connectivity index (χ4n) is 3.48. The number of benzene rings is 1. The minimum atomic E-state index is -4.17. The van der Waals surface area contributed by atoms with Gasteiger partial charge in [0.15, 0.2) is 0 Å². The van der Waals surface area contributed by atoms with E-state index in [1.165, 1.54) is 55.0 Å². The van der Waals surface area contributed by atoms with Crippen molar-refractivity contribution in [2.75, 3.05) is 0 Å². The molecule has 0 aliphatic heterocycles. The molecular formula is C23H25FN4O5S. The number of pyridine rings is 1. The molecule has 0 aliphatic carbocycles. The van der Waals surface area contributed by atoms with Gasteiger partial charge in [-0.1, -0.05) is 38.1 Å². The van der Waals surface area contributed by atoms with Crippen molar-refractivity contribution < 1.29 is 27.9 Å². The third kappa shape index (κ3) is 5.25. The summed E-state index contributed by atoms with van der Waals surface area (Å²) < 4.78 is 43.1. The molecule has 0 bridgehead atoms. The first kappa shape index (κ1) is 24.9. The van der Waals surface area contributed by atoms with Gasteiger partial charge in [-0.2, -0.15) is 0 Å². The maximum Gasteiger partial charge on any atom is 0.404 e. The van der Waals surface area contributed by atoms with Crippen molar-refractivity contribution in [1.82, 2.24) is 14.3 Å². The van der Waals surface area contributed by atoms with Gasteiger partial charge in [0.05, 0.1) is 11.9 Å². The highest BCUT2D eigenvalue weighted by Crippen LogP contribution is 2.32. The Bertz CT molecular complexity index is 1310. The van der Waals surface area contributed by atoms with Crippen LogP contribution >= 0.6 is 0 Å². The molecule has 0 spiro atoms. The van der Waals surface area contributed by atoms with Gasteiger partial charge in [0.2, 0.25) is 0 Å². The molecule has 34 heavy (non-hydrogen) atoms. The highest BCUT2D eigenvalue weighted by Gasteiger charge is 2.29. The second-order valence-corrected chi connectivity index (χ2v) is 10.6. The van der Waals surface area contributed by atoms with Crippen LogP contribution in [0.15, 0.2) is 65.0 Å². The van der Waals surface area contributed by atoms with E-state index in [2.05, 4.69) is 15.5 Å². The smallest absolute Gasteiger partial charge is 0.404 e. The van der Waals surface area contributed by atoms with Gasteiger partial charge < -0.3 is 15.6 Å². The number of amides is 1. The Balaban J connectivity index is 2.21. The largest absolute Gasteiger partial charge is 0.465 e. The molecule has 1 amide bonds. The van der Waals surface area contributed by atoms with Crippen molar-refractivity contribution in [2.24, 2.45) is 10.6 Å². The van der Waals surface area contributed by atoms with Gasteiger partial charge in [-0.3, -0.25) is 4.98 Å². The van der Waals surface area contributed by atoms with Crippen molar-refractivity contribution in [2.45, 2.75) is 38.1 Å². The Morgan fingerprint density at radius 3 is 2.62 bits per heavy atom. The van der Waals surface area contributed by atoms with E-state index in [0.717, 1.165) is 10.2 Å². The predicted octanol–water partition coefficient (Wildman–Crippen LogP) is 3.96. The van der Waals surface area contributed by atoms with Crippen LogP contribution in [0, 0.1) is 11.2 Å². The number of carboxylic acid groups (broad SMARTS) is 1. The molecule has 2 aromatic heterocycles. The van der Waals surface area contributed by atoms with Crippen LogP contribution in [0.1, 0.15) is 31.9 Å². The van der Waals surface area contributed by atoms with Gasteiger partial charge in [0.1, 0.15) is 10.7 Å². The predicted molar refractivity (Wildman–Crippen MR) is 124 cm³/mol. The quantitative estimate of drug-likeness (QED) is 0.262. The first-order valence-corrected chi connectivity index (χ1v) is 11.7. The summed E-state index contributed by atoms with van der Waals surface area (Å²) in [6, 6.07) is 8.11. The number of halogens is 1. The van der Waals surface area contributed by atoms with Gasteiger partial charge >= 0.3 is 6.09 Å². The van der Waals surface area contributed by atoms with Crippen LogP contribution in [0.2, 0.25) is 0 Å². The van der Waals surface area contributed by atoms with Crippen LogP contribution in [0.3, 0.4) is 0 Å². The summed E-state index contributed by atoms with van der Waals surface area (Å²) >= 11 is 0. The van der Waals surface area contributed by atoms with Crippen molar-refractivity contribution in [3.8, 4) is 11.3 Å². The zero-order valence-electron chi connectivity index (χ0n) is 18.8. The zero-order chi connectivity index (χ0) is 25.1. The zero-order valence-corrected chi connectivity index (χ0v) is 19.6. The standard InChI is InChI=1S/C23H25FN4O5S/c1-23(2,3)20(27-22(29)30)11-15-10-19(18-8-4-6-16(12-26-31)21(18)24)28(14-15)34(32,33)17-7-5-9-25-13-17/h4-10,12-14,20,27,31H,11H2,1-3H3,(H,29,30)/b26-12-. The van der Waals surface area contributed by atoms with E-state index in [1.807, 2.05) is 20.8 Å². The average Bonchev–Trinajstić information content (AvgIpc) is 3.19. The van der Waals surface area contributed by atoms with Crippen LogP contribution in [0.25, 0.3) is 11.3 Å². The average molecular weight is 489 g/mol. The number of nitrogens with zero attached hydrogens (tertiary/aromatic N) is 3. The van der Waals surface area contributed by atoms with Crippen molar-refractivity contribution in [3.63, 3.8) is 0 Å². The lowest BCUT2D eigenvalue weighted by Gasteiger charge is -2.30. The monoisotopic (exact) mass is 488 g/mol. The van der Waals surface area contributed by atoms with Crippen molar-refractivity contribution >= 4 is 22.3 Å². The highest BCUT2D eigenvalue weighted by molar-refractivity contribution is 7.90. The first-order chi connectivity index (χ1) is 15.9. The molecule has 0 radical (unpaired) electrons. The SMILES string of the molecule is CC(C)(C)C(Cc1cc(-c2cccc(/C=N\O)c2F)n(S(=O)(=O)c2cccnc2)c1)NC(=O)O. The normalized spacial score (nSPS) is 13.2. The molecule has 3 N–H and O–H groups in total. The number of hydrogen-bond acceptors (Lipinski definition) is 6. The second kappa shape index (κ2) is 9.64. The van der Waals surface area contributed by atoms with Gasteiger partial charge in [-0.25, -0.2) is 21.6 Å². The molecular weight excluding hydrogens is 463 g/mol. The van der Waals surface area contributed by atoms with E-state index in [4.69, 9.17) is 5.21 Å². The molecule has 11 heteroatoms. The summed E-state index contributed by atoms with van der Waals surface area (Å²) in [5.41, 5.74) is -0.0295. The van der Waals surface area contributed by atoms with Crippen LogP contribution < -0.4 is 5.32 Å². The third-order valence-corrected chi connectivity index (χ3v) is 6.98. The lowest BCUT2D eigenvalue weighted by atomic mass is 9.83. The summed E-state index contributed by atoms with van der Waals surface area (Å²) in [5.74, 6) is -0.774. The fraction of sp³-hybridized carbons (Fsp3) is 0.261. The number of rotatable bonds is 7. The van der Waals surface area contributed by atoms with E-state index in [1.54, 1.807) is 0 Å². The van der Waals surface area contributed by atoms with Crippen LogP contribution in [0.5, 0.6) is 0 Å². The van der Waals surface area contributed by atoms with Gasteiger partial charge in [0.25, 0.3) is 10.0 Å². The summed E-state index contributed by atoms with van der Waals surface area (Å²) in [7, 11) is -4.17. The molecule has 3 rings (SSSR count). The number of oxime groups is 1. The molecule has 0 aliphatic rings. The third-order valence-electron chi connectivity index (χ3n) is 5.32. The minimum Gasteiger partial charge on any atom is -0.465 e. The molecule has 1 atom stereocenters. The van der Waals surface area contributed by atoms with Crippen LogP contribution in [0.4, 0.5) is 9.18 Å². The topological polar surface area (TPSA) is 134 Å². The Labute approximate surface area is 196 Å². The second-order valence-electron chi connectivity index (χ2n) is 8.75. The maximum absolute atomic E-state index is 15.2. The molecule has 0 saturated carbocycles.